The normalized spacial score (nSPS) is 35.7. The minimum Gasteiger partial charge on any atom is -0.460 e. The third-order valence-corrected chi connectivity index (χ3v) is 8.56. The maximum atomic E-state index is 14.5. The first kappa shape index (κ1) is 29.3. The molecule has 3 amide bonds. The van der Waals surface area contributed by atoms with Gasteiger partial charge in [0, 0.05) is 19.0 Å². The van der Waals surface area contributed by atoms with E-state index in [4.69, 9.17) is 9.47 Å². The standard InChI is InChI=1S/C29H43N3O7/c1-6-10-18(4)31-14-9-7-8-11-22(34)30-15-19(5)38-28(37)23-21-12-13-29(39-21)24(23)26(35)32(25(29)27(31)36)20(16-33)17(2)3/h7,9,12-13,17-21,23-25,33H,6,8,10-11,14-16H2,1-5H3,(H,30,34)/b9-7-/t18?,19-,20+,21+,23-,24-,25+,29-/m1/s1. The van der Waals surface area contributed by atoms with Crippen molar-refractivity contribution in [2.45, 2.75) is 96.2 Å². The summed E-state index contributed by atoms with van der Waals surface area (Å²) in [6.07, 6.45) is 8.40. The first-order valence-electron chi connectivity index (χ1n) is 14.3. The van der Waals surface area contributed by atoms with Crippen molar-refractivity contribution >= 4 is 23.7 Å². The summed E-state index contributed by atoms with van der Waals surface area (Å²) in [5, 5.41) is 13.2. The number of nitrogens with zero attached hydrogens (tertiary/aromatic N) is 2. The molecule has 1 spiro atoms. The molecule has 2 saturated heterocycles. The van der Waals surface area contributed by atoms with E-state index < -0.39 is 47.7 Å². The van der Waals surface area contributed by atoms with E-state index in [0.29, 0.717) is 13.0 Å². The van der Waals surface area contributed by atoms with Crippen molar-refractivity contribution in [3.05, 3.63) is 24.3 Å². The van der Waals surface area contributed by atoms with Crippen molar-refractivity contribution in [1.82, 2.24) is 15.1 Å². The molecule has 4 aliphatic rings. The number of allylic oxidation sites excluding steroid dienone is 1. The summed E-state index contributed by atoms with van der Waals surface area (Å²) in [6, 6.07) is -1.78. The number of carbonyl (C=O) groups excluding carboxylic acids is 4. The SMILES string of the molecule is CCCC(C)N1C/C=C\CCC(=O)NC[C@@H](C)OC(=O)[C@@H]2[C@@H]3C=C[C@]4(O3)[C@H](C1=O)N([C@@H](CO)C(C)C)C(=O)[C@@H]24. The van der Waals surface area contributed by atoms with E-state index >= 15 is 0 Å². The summed E-state index contributed by atoms with van der Waals surface area (Å²) in [4.78, 5) is 57.7. The summed E-state index contributed by atoms with van der Waals surface area (Å²) in [7, 11) is 0. The lowest BCUT2D eigenvalue weighted by molar-refractivity contribution is -0.160. The zero-order chi connectivity index (χ0) is 28.5. The molecule has 0 aromatic heterocycles. The molecular weight excluding hydrogens is 502 g/mol. The molecule has 1 unspecified atom stereocenters. The third kappa shape index (κ3) is 5.25. The lowest BCUT2D eigenvalue weighted by Crippen LogP contribution is -2.60. The zero-order valence-corrected chi connectivity index (χ0v) is 23.7. The molecule has 2 fully saturated rings. The molecule has 0 aromatic rings. The highest BCUT2D eigenvalue weighted by Crippen LogP contribution is 2.56. The predicted octanol–water partition coefficient (Wildman–Crippen LogP) is 1.57. The summed E-state index contributed by atoms with van der Waals surface area (Å²) in [5.74, 6) is -3.41. The van der Waals surface area contributed by atoms with Crippen molar-refractivity contribution in [2.24, 2.45) is 17.8 Å². The smallest absolute Gasteiger partial charge is 0.313 e. The van der Waals surface area contributed by atoms with Crippen molar-refractivity contribution in [2.75, 3.05) is 19.7 Å². The molecule has 4 aliphatic heterocycles. The number of cyclic esters (lactones) is 1. The Balaban J connectivity index is 1.82. The van der Waals surface area contributed by atoms with Gasteiger partial charge in [-0.15, -0.1) is 0 Å². The number of aliphatic hydroxyl groups is 1. The van der Waals surface area contributed by atoms with E-state index in [9.17, 15) is 24.3 Å². The minimum absolute atomic E-state index is 0.124. The molecule has 0 saturated carbocycles. The van der Waals surface area contributed by atoms with E-state index in [0.717, 1.165) is 12.8 Å². The molecule has 10 nitrogen and oxygen atoms in total. The Kier molecular flexibility index (Phi) is 8.85. The second kappa shape index (κ2) is 11.8. The Morgan fingerprint density at radius 1 is 1.15 bits per heavy atom. The number of fused-ring (bicyclic) bond motifs is 2. The van der Waals surface area contributed by atoms with Gasteiger partial charge in [-0.3, -0.25) is 19.2 Å². The number of aliphatic hydroxyl groups excluding tert-OH is 1. The molecular formula is C29H43N3O7. The van der Waals surface area contributed by atoms with Crippen molar-refractivity contribution in [3.8, 4) is 0 Å². The molecule has 4 heterocycles. The second-order valence-corrected chi connectivity index (χ2v) is 11.6. The van der Waals surface area contributed by atoms with Gasteiger partial charge in [-0.2, -0.15) is 0 Å². The lowest BCUT2D eigenvalue weighted by Gasteiger charge is -2.41. The second-order valence-electron chi connectivity index (χ2n) is 11.6. The van der Waals surface area contributed by atoms with Crippen molar-refractivity contribution < 1.29 is 33.8 Å². The van der Waals surface area contributed by atoms with Crippen LogP contribution in [0.5, 0.6) is 0 Å². The van der Waals surface area contributed by atoms with Gasteiger partial charge < -0.3 is 29.7 Å². The molecule has 0 aromatic carbocycles. The number of nitrogens with one attached hydrogen (secondary N) is 1. The predicted molar refractivity (Wildman–Crippen MR) is 143 cm³/mol. The van der Waals surface area contributed by atoms with Crippen LogP contribution in [0.1, 0.15) is 60.3 Å². The number of carbonyl (C=O) groups is 4. The Bertz CT molecular complexity index is 1030. The fraction of sp³-hybridized carbons (Fsp3) is 0.724. The van der Waals surface area contributed by atoms with Gasteiger partial charge in [0.2, 0.25) is 17.7 Å². The van der Waals surface area contributed by atoms with E-state index in [-0.39, 0.29) is 49.3 Å². The van der Waals surface area contributed by atoms with Gasteiger partial charge >= 0.3 is 5.97 Å². The van der Waals surface area contributed by atoms with Crippen LogP contribution in [0.2, 0.25) is 0 Å². The van der Waals surface area contributed by atoms with Crippen LogP contribution >= 0.6 is 0 Å². The van der Waals surface area contributed by atoms with E-state index in [1.807, 2.05) is 32.9 Å². The quantitative estimate of drug-likeness (QED) is 0.383. The Morgan fingerprint density at radius 3 is 2.56 bits per heavy atom. The van der Waals surface area contributed by atoms with Gasteiger partial charge in [0.15, 0.2) is 0 Å². The number of likely N-dealkylation sites (tertiary alicyclic amines) is 1. The molecule has 4 rings (SSSR count). The molecule has 0 aliphatic carbocycles. The highest BCUT2D eigenvalue weighted by atomic mass is 16.6. The fourth-order valence-electron chi connectivity index (χ4n) is 6.54. The van der Waals surface area contributed by atoms with Crippen LogP contribution in [0.3, 0.4) is 0 Å². The molecule has 0 radical (unpaired) electrons. The van der Waals surface area contributed by atoms with Crippen LogP contribution in [0, 0.1) is 17.8 Å². The largest absolute Gasteiger partial charge is 0.460 e. The van der Waals surface area contributed by atoms with Crippen molar-refractivity contribution in [3.63, 3.8) is 0 Å². The molecule has 8 atom stereocenters. The van der Waals surface area contributed by atoms with Crippen LogP contribution in [-0.4, -0.2) is 94.2 Å². The van der Waals surface area contributed by atoms with Gasteiger partial charge in [0.25, 0.3) is 0 Å². The van der Waals surface area contributed by atoms with Crippen LogP contribution in [0.4, 0.5) is 0 Å². The average molecular weight is 546 g/mol. The topological polar surface area (TPSA) is 125 Å². The Morgan fingerprint density at radius 2 is 1.90 bits per heavy atom. The number of hydrogen-bond donors (Lipinski definition) is 2. The molecule has 5 bridgehead atoms. The van der Waals surface area contributed by atoms with Gasteiger partial charge in [-0.25, -0.2) is 0 Å². The van der Waals surface area contributed by atoms with Gasteiger partial charge in [-0.05, 0) is 32.6 Å². The lowest BCUT2D eigenvalue weighted by atomic mass is 9.74. The van der Waals surface area contributed by atoms with E-state index in [2.05, 4.69) is 12.2 Å². The van der Waals surface area contributed by atoms with Crippen LogP contribution in [0.15, 0.2) is 24.3 Å². The number of amides is 3. The van der Waals surface area contributed by atoms with Crippen LogP contribution < -0.4 is 5.32 Å². The monoisotopic (exact) mass is 545 g/mol. The van der Waals surface area contributed by atoms with Crippen molar-refractivity contribution in [1.29, 1.82) is 0 Å². The average Bonchev–Trinajstić information content (AvgIpc) is 3.52. The summed E-state index contributed by atoms with van der Waals surface area (Å²) in [6.45, 7) is 9.67. The van der Waals surface area contributed by atoms with Gasteiger partial charge in [0.1, 0.15) is 23.7 Å². The van der Waals surface area contributed by atoms with Crippen LogP contribution in [0.25, 0.3) is 0 Å². The van der Waals surface area contributed by atoms with E-state index in [1.165, 1.54) is 4.90 Å². The zero-order valence-electron chi connectivity index (χ0n) is 23.7. The molecule has 2 N–H and O–H groups in total. The Labute approximate surface area is 230 Å². The number of ether oxygens (including phenoxy) is 2. The third-order valence-electron chi connectivity index (χ3n) is 8.56. The summed E-state index contributed by atoms with van der Waals surface area (Å²) in [5.41, 5.74) is -1.33. The Hall–Kier alpha value is -2.72. The highest BCUT2D eigenvalue weighted by Gasteiger charge is 2.74. The van der Waals surface area contributed by atoms with Gasteiger partial charge in [-0.1, -0.05) is 51.5 Å². The number of rotatable bonds is 6. The maximum Gasteiger partial charge on any atom is 0.313 e. The van der Waals surface area contributed by atoms with E-state index in [1.54, 1.807) is 24.0 Å². The maximum absolute atomic E-state index is 14.5. The fourth-order valence-corrected chi connectivity index (χ4v) is 6.54. The molecule has 39 heavy (non-hydrogen) atoms. The minimum atomic E-state index is -1.33. The number of esters is 1. The summed E-state index contributed by atoms with van der Waals surface area (Å²) >= 11 is 0. The molecule has 10 heteroatoms. The first-order valence-corrected chi connectivity index (χ1v) is 14.3. The molecule has 216 valence electrons. The van der Waals surface area contributed by atoms with Crippen LogP contribution in [-0.2, 0) is 28.7 Å². The van der Waals surface area contributed by atoms with Gasteiger partial charge in [0.05, 0.1) is 31.2 Å². The highest BCUT2D eigenvalue weighted by molar-refractivity contribution is 5.99. The summed E-state index contributed by atoms with van der Waals surface area (Å²) < 4.78 is 12.1. The number of hydrogen-bond acceptors (Lipinski definition) is 7. The first-order chi connectivity index (χ1) is 18.6.